The van der Waals surface area contributed by atoms with Gasteiger partial charge in [0.1, 0.15) is 5.75 Å². The van der Waals surface area contributed by atoms with E-state index in [-0.39, 0.29) is 0 Å². The number of ether oxygens (including phenoxy) is 2. The number of pyridine rings is 1. The van der Waals surface area contributed by atoms with E-state index in [0.29, 0.717) is 28.3 Å². The molecule has 0 fully saturated rings. The molecule has 2 aromatic heterocycles. The second-order valence-electron chi connectivity index (χ2n) is 6.91. The first-order chi connectivity index (χ1) is 15.0. The molecule has 0 aliphatic heterocycles. The summed E-state index contributed by atoms with van der Waals surface area (Å²) in [6.45, 7) is 3.43. The van der Waals surface area contributed by atoms with Crippen LogP contribution in [0.25, 0.3) is 21.1 Å². The first-order valence-electron chi connectivity index (χ1n) is 9.80. The van der Waals surface area contributed by atoms with Gasteiger partial charge in [-0.25, -0.2) is 9.78 Å². The van der Waals surface area contributed by atoms with Crippen LogP contribution in [0.3, 0.4) is 0 Å². The molecule has 0 radical (unpaired) electrons. The lowest BCUT2D eigenvalue weighted by molar-refractivity contribution is -0.119. The second-order valence-corrected chi connectivity index (χ2v) is 7.94. The molecule has 0 unspecified atom stereocenters. The minimum absolute atomic E-state index is 0.407. The lowest BCUT2D eigenvalue weighted by Gasteiger charge is -2.13. The fourth-order valence-electron chi connectivity index (χ4n) is 3.41. The number of thiazole rings is 1. The number of esters is 1. The molecule has 158 valence electrons. The third-order valence-electron chi connectivity index (χ3n) is 4.95. The van der Waals surface area contributed by atoms with E-state index >= 15 is 0 Å². The number of hydrogen-bond acceptors (Lipinski definition) is 7. The highest BCUT2D eigenvalue weighted by molar-refractivity contribution is 7.22. The van der Waals surface area contributed by atoms with Gasteiger partial charge in [-0.3, -0.25) is 15.1 Å². The fourth-order valence-corrected chi connectivity index (χ4v) is 4.32. The molecule has 7 nitrogen and oxygen atoms in total. The van der Waals surface area contributed by atoms with Crippen LogP contribution in [0.2, 0.25) is 0 Å². The van der Waals surface area contributed by atoms with Crippen LogP contribution >= 0.6 is 11.3 Å². The van der Waals surface area contributed by atoms with Gasteiger partial charge in [0.05, 0.1) is 28.4 Å². The van der Waals surface area contributed by atoms with E-state index in [1.807, 2.05) is 50.2 Å². The highest BCUT2D eigenvalue weighted by atomic mass is 32.1. The fraction of sp³-hybridized carbons (Fsp3) is 0.217. The number of amides is 1. The number of aromatic nitrogens is 2. The zero-order valence-electron chi connectivity index (χ0n) is 17.4. The van der Waals surface area contributed by atoms with Crippen LogP contribution in [-0.4, -0.2) is 35.6 Å². The van der Waals surface area contributed by atoms with E-state index in [1.54, 1.807) is 13.2 Å². The van der Waals surface area contributed by atoms with Crippen molar-refractivity contribution < 1.29 is 19.1 Å². The van der Waals surface area contributed by atoms with Crippen molar-refractivity contribution in [2.24, 2.45) is 0 Å². The second kappa shape index (κ2) is 8.69. The molecule has 0 spiro atoms. The van der Waals surface area contributed by atoms with Gasteiger partial charge in [0.2, 0.25) is 0 Å². The van der Waals surface area contributed by atoms with Crippen molar-refractivity contribution in [3.63, 3.8) is 0 Å². The zero-order chi connectivity index (χ0) is 22.0. The number of carbonyl (C=O) groups is 2. The Morgan fingerprint density at radius 3 is 2.68 bits per heavy atom. The normalized spacial score (nSPS) is 10.9. The quantitative estimate of drug-likeness (QED) is 0.448. The number of benzene rings is 2. The average Bonchev–Trinajstić information content (AvgIpc) is 3.18. The Labute approximate surface area is 183 Å². The number of anilines is 1. The Morgan fingerprint density at radius 1 is 1.10 bits per heavy atom. The van der Waals surface area contributed by atoms with Gasteiger partial charge in [0.25, 0.3) is 5.91 Å². The van der Waals surface area contributed by atoms with Crippen molar-refractivity contribution in [3.05, 3.63) is 59.3 Å². The Hall–Kier alpha value is -3.52. The van der Waals surface area contributed by atoms with Crippen LogP contribution in [0.4, 0.5) is 5.13 Å². The van der Waals surface area contributed by atoms with Crippen molar-refractivity contribution in [2.75, 3.05) is 19.0 Å². The number of para-hydroxylation sites is 1. The van der Waals surface area contributed by atoms with Gasteiger partial charge in [0.15, 0.2) is 11.7 Å². The van der Waals surface area contributed by atoms with Crippen LogP contribution in [0.1, 0.15) is 28.5 Å². The van der Waals surface area contributed by atoms with Crippen LogP contribution in [-0.2, 0) is 16.0 Å². The standard InChI is InChI=1S/C23H21N3O4S/c1-4-16-13(2)21(15-7-5-6-8-17(15)24-16)22(28)30-12-20(27)26-23-25-18-10-9-14(29-3)11-19(18)31-23/h5-11H,4,12H2,1-3H3,(H,25,26,27). The average molecular weight is 436 g/mol. The number of hydrogen-bond donors (Lipinski definition) is 1. The van der Waals surface area contributed by atoms with Crippen molar-refractivity contribution in [3.8, 4) is 5.75 Å². The topological polar surface area (TPSA) is 90.4 Å². The third-order valence-corrected chi connectivity index (χ3v) is 5.89. The highest BCUT2D eigenvalue weighted by Crippen LogP contribution is 2.29. The molecule has 2 heterocycles. The molecule has 0 aliphatic rings. The number of aryl methyl sites for hydroxylation is 1. The van der Waals surface area contributed by atoms with Crippen molar-refractivity contribution in [1.82, 2.24) is 9.97 Å². The Bertz CT molecular complexity index is 1300. The highest BCUT2D eigenvalue weighted by Gasteiger charge is 2.20. The first-order valence-corrected chi connectivity index (χ1v) is 10.6. The van der Waals surface area contributed by atoms with E-state index in [1.165, 1.54) is 11.3 Å². The summed E-state index contributed by atoms with van der Waals surface area (Å²) in [6, 6.07) is 12.9. The molecular weight excluding hydrogens is 414 g/mol. The lowest BCUT2D eigenvalue weighted by atomic mass is 10.0. The summed E-state index contributed by atoms with van der Waals surface area (Å²) in [5.41, 5.74) is 3.53. The van der Waals surface area contributed by atoms with Gasteiger partial charge in [-0.1, -0.05) is 36.5 Å². The van der Waals surface area contributed by atoms with Crippen molar-refractivity contribution >= 4 is 49.5 Å². The van der Waals surface area contributed by atoms with Gasteiger partial charge in [-0.05, 0) is 43.2 Å². The third kappa shape index (κ3) is 4.20. The predicted molar refractivity (Wildman–Crippen MR) is 121 cm³/mol. The van der Waals surface area contributed by atoms with E-state index in [9.17, 15) is 9.59 Å². The maximum atomic E-state index is 12.9. The first kappa shape index (κ1) is 20.7. The molecule has 0 aliphatic carbocycles. The zero-order valence-corrected chi connectivity index (χ0v) is 18.2. The summed E-state index contributed by atoms with van der Waals surface area (Å²) in [5.74, 6) is -0.282. The summed E-state index contributed by atoms with van der Waals surface area (Å²) in [4.78, 5) is 34.2. The molecule has 1 amide bonds. The summed E-state index contributed by atoms with van der Waals surface area (Å²) >= 11 is 1.32. The van der Waals surface area contributed by atoms with E-state index in [2.05, 4.69) is 15.3 Å². The largest absolute Gasteiger partial charge is 0.497 e. The molecule has 0 bridgehead atoms. The molecule has 0 saturated heterocycles. The number of nitrogens with zero attached hydrogens (tertiary/aromatic N) is 2. The molecule has 4 rings (SSSR count). The molecule has 0 saturated carbocycles. The van der Waals surface area contributed by atoms with Crippen LogP contribution in [0.5, 0.6) is 5.75 Å². The number of carbonyl (C=O) groups excluding carboxylic acids is 2. The summed E-state index contributed by atoms with van der Waals surface area (Å²) in [7, 11) is 1.59. The maximum Gasteiger partial charge on any atom is 0.339 e. The maximum absolute atomic E-state index is 12.9. The van der Waals surface area contributed by atoms with E-state index < -0.39 is 18.5 Å². The molecule has 2 aromatic carbocycles. The van der Waals surface area contributed by atoms with E-state index in [0.717, 1.165) is 27.0 Å². The Morgan fingerprint density at radius 2 is 1.90 bits per heavy atom. The molecule has 31 heavy (non-hydrogen) atoms. The van der Waals surface area contributed by atoms with Gasteiger partial charge < -0.3 is 9.47 Å². The summed E-state index contributed by atoms with van der Waals surface area (Å²) < 4.78 is 11.4. The Kier molecular flexibility index (Phi) is 5.81. The lowest BCUT2D eigenvalue weighted by Crippen LogP contribution is -2.21. The van der Waals surface area contributed by atoms with Gasteiger partial charge in [-0.15, -0.1) is 0 Å². The van der Waals surface area contributed by atoms with Crippen molar-refractivity contribution in [2.45, 2.75) is 20.3 Å². The predicted octanol–water partition coefficient (Wildman–Crippen LogP) is 4.52. The summed E-state index contributed by atoms with van der Waals surface area (Å²) in [6.07, 6.45) is 0.694. The van der Waals surface area contributed by atoms with Gasteiger partial charge in [-0.2, -0.15) is 0 Å². The smallest absolute Gasteiger partial charge is 0.339 e. The van der Waals surface area contributed by atoms with Crippen LogP contribution in [0.15, 0.2) is 42.5 Å². The van der Waals surface area contributed by atoms with Gasteiger partial charge >= 0.3 is 5.97 Å². The number of fused-ring (bicyclic) bond motifs is 2. The minimum Gasteiger partial charge on any atom is -0.497 e. The summed E-state index contributed by atoms with van der Waals surface area (Å²) in [5, 5.41) is 3.83. The molecular formula is C23H21N3O4S. The minimum atomic E-state index is -0.546. The monoisotopic (exact) mass is 435 g/mol. The number of rotatable bonds is 6. The molecule has 4 aromatic rings. The van der Waals surface area contributed by atoms with Gasteiger partial charge in [0, 0.05) is 11.1 Å². The van der Waals surface area contributed by atoms with E-state index in [4.69, 9.17) is 9.47 Å². The Balaban J connectivity index is 1.49. The van der Waals surface area contributed by atoms with Crippen LogP contribution in [0, 0.1) is 6.92 Å². The number of nitrogens with one attached hydrogen (secondary N) is 1. The molecule has 8 heteroatoms. The molecule has 0 atom stereocenters. The SMILES string of the molecule is CCc1nc2ccccc2c(C(=O)OCC(=O)Nc2nc3ccc(OC)cc3s2)c1C. The molecule has 1 N–H and O–H groups in total. The van der Waals surface area contributed by atoms with Crippen LogP contribution < -0.4 is 10.1 Å². The number of methoxy groups -OCH3 is 1. The van der Waals surface area contributed by atoms with Crippen molar-refractivity contribution in [1.29, 1.82) is 0 Å².